The summed E-state index contributed by atoms with van der Waals surface area (Å²) in [6, 6.07) is 0. The smallest absolute Gasteiger partial charge is 0.166 e. The molecule has 0 N–H and O–H groups in total. The largest absolute Gasteiger partial charge is 0.367 e. The van der Waals surface area contributed by atoms with Crippen LogP contribution in [0.15, 0.2) is 0 Å². The minimum Gasteiger partial charge on any atom is -0.367 e. The number of rotatable bonds is 6. The average Bonchev–Trinajstić information content (AvgIpc) is 2.55. The number of Topliss-reactive ketones (excluding diaryl/α,β-unsaturated/α-hetero) is 1. The zero-order valence-electron chi connectivity index (χ0n) is 9.47. The number of unbranched alkanes of at least 4 members (excludes halogenated alkanes) is 2. The van der Waals surface area contributed by atoms with Crippen LogP contribution in [0.3, 0.4) is 0 Å². The summed E-state index contributed by atoms with van der Waals surface area (Å²) in [5.74, 6) is 0.347. The summed E-state index contributed by atoms with van der Waals surface area (Å²) in [5, 5.41) is 0. The van der Waals surface area contributed by atoms with Gasteiger partial charge in [0.05, 0.1) is 6.61 Å². The predicted molar refractivity (Wildman–Crippen MR) is 57.4 cm³/mol. The Morgan fingerprint density at radius 3 is 2.14 bits per heavy atom. The Morgan fingerprint density at radius 1 is 1.21 bits per heavy atom. The lowest BCUT2D eigenvalue weighted by molar-refractivity contribution is -0.133. The van der Waals surface area contributed by atoms with E-state index in [9.17, 15) is 4.79 Å². The molecular weight excluding hydrogens is 176 g/mol. The number of carbonyl (C=O) groups is 1. The Kier molecular flexibility index (Phi) is 4.59. The molecule has 0 saturated carbocycles. The van der Waals surface area contributed by atoms with Gasteiger partial charge in [0.25, 0.3) is 0 Å². The van der Waals surface area contributed by atoms with Gasteiger partial charge in [-0.1, -0.05) is 39.5 Å². The van der Waals surface area contributed by atoms with Crippen LogP contribution in [0, 0.1) is 0 Å². The molecule has 0 amide bonds. The molecule has 0 aliphatic carbocycles. The third kappa shape index (κ3) is 2.57. The van der Waals surface area contributed by atoms with Crippen molar-refractivity contribution in [3.05, 3.63) is 0 Å². The lowest BCUT2D eigenvalue weighted by Gasteiger charge is -2.26. The molecule has 0 aromatic heterocycles. The summed E-state index contributed by atoms with van der Waals surface area (Å²) in [6.07, 6.45) is 7.00. The van der Waals surface area contributed by atoms with Crippen molar-refractivity contribution in [3.63, 3.8) is 0 Å². The van der Waals surface area contributed by atoms with E-state index in [-0.39, 0.29) is 5.60 Å². The monoisotopic (exact) mass is 198 g/mol. The molecule has 14 heavy (non-hydrogen) atoms. The third-order valence-corrected chi connectivity index (χ3v) is 3.08. The first-order valence-corrected chi connectivity index (χ1v) is 5.92. The highest BCUT2D eigenvalue weighted by atomic mass is 16.5. The molecule has 1 saturated heterocycles. The van der Waals surface area contributed by atoms with E-state index in [1.807, 2.05) is 0 Å². The SMILES string of the molecule is CCCCC1(CCCC)OCCC1=O. The molecule has 0 atom stereocenters. The first-order chi connectivity index (χ1) is 6.75. The van der Waals surface area contributed by atoms with Gasteiger partial charge in [-0.2, -0.15) is 0 Å². The van der Waals surface area contributed by atoms with Crippen LogP contribution in [0.2, 0.25) is 0 Å². The molecule has 1 heterocycles. The molecule has 0 aromatic carbocycles. The van der Waals surface area contributed by atoms with Crippen molar-refractivity contribution >= 4 is 5.78 Å². The highest BCUT2D eigenvalue weighted by Crippen LogP contribution is 2.32. The zero-order valence-corrected chi connectivity index (χ0v) is 9.47. The van der Waals surface area contributed by atoms with Crippen molar-refractivity contribution in [1.82, 2.24) is 0 Å². The number of hydrogen-bond acceptors (Lipinski definition) is 2. The summed E-state index contributed by atoms with van der Waals surface area (Å²) in [7, 11) is 0. The lowest BCUT2D eigenvalue weighted by atomic mass is 9.87. The molecule has 1 rings (SSSR count). The topological polar surface area (TPSA) is 26.3 Å². The van der Waals surface area contributed by atoms with Gasteiger partial charge in [-0.15, -0.1) is 0 Å². The van der Waals surface area contributed by atoms with Gasteiger partial charge in [0.15, 0.2) is 5.78 Å². The van der Waals surface area contributed by atoms with Crippen LogP contribution >= 0.6 is 0 Å². The van der Waals surface area contributed by atoms with Crippen LogP contribution in [0.1, 0.15) is 58.8 Å². The fourth-order valence-electron chi connectivity index (χ4n) is 2.12. The van der Waals surface area contributed by atoms with Crippen molar-refractivity contribution in [2.75, 3.05) is 6.61 Å². The van der Waals surface area contributed by atoms with E-state index in [0.717, 1.165) is 38.5 Å². The molecule has 1 fully saturated rings. The standard InChI is InChI=1S/C12H22O2/c1-3-5-8-12(9-6-4-2)11(13)7-10-14-12/h3-10H2,1-2H3. The molecular formula is C12H22O2. The second kappa shape index (κ2) is 5.50. The van der Waals surface area contributed by atoms with E-state index in [2.05, 4.69) is 13.8 Å². The van der Waals surface area contributed by atoms with E-state index >= 15 is 0 Å². The Balaban J connectivity index is 2.53. The van der Waals surface area contributed by atoms with Gasteiger partial charge in [-0.25, -0.2) is 0 Å². The van der Waals surface area contributed by atoms with Gasteiger partial charge < -0.3 is 4.74 Å². The van der Waals surface area contributed by atoms with Crippen LogP contribution in [-0.4, -0.2) is 18.0 Å². The van der Waals surface area contributed by atoms with Crippen LogP contribution in [0.5, 0.6) is 0 Å². The molecule has 2 nitrogen and oxygen atoms in total. The highest BCUT2D eigenvalue weighted by Gasteiger charge is 2.41. The summed E-state index contributed by atoms with van der Waals surface area (Å²) >= 11 is 0. The molecule has 1 aliphatic rings. The van der Waals surface area contributed by atoms with Gasteiger partial charge >= 0.3 is 0 Å². The Bertz CT molecular complexity index is 179. The Morgan fingerprint density at radius 2 is 1.79 bits per heavy atom. The van der Waals surface area contributed by atoms with Crippen LogP contribution < -0.4 is 0 Å². The fraction of sp³-hybridized carbons (Fsp3) is 0.917. The number of carbonyl (C=O) groups excluding carboxylic acids is 1. The summed E-state index contributed by atoms with van der Waals surface area (Å²) < 4.78 is 5.71. The zero-order chi connectivity index (χ0) is 10.4. The van der Waals surface area contributed by atoms with E-state index in [4.69, 9.17) is 4.74 Å². The van der Waals surface area contributed by atoms with E-state index in [1.165, 1.54) is 0 Å². The first kappa shape index (κ1) is 11.7. The number of ether oxygens (including phenoxy) is 1. The maximum Gasteiger partial charge on any atom is 0.166 e. The summed E-state index contributed by atoms with van der Waals surface area (Å²) in [6.45, 7) is 4.96. The maximum absolute atomic E-state index is 11.8. The molecule has 82 valence electrons. The third-order valence-electron chi connectivity index (χ3n) is 3.08. The van der Waals surface area contributed by atoms with Crippen molar-refractivity contribution in [2.24, 2.45) is 0 Å². The minimum absolute atomic E-state index is 0.347. The van der Waals surface area contributed by atoms with Crippen LogP contribution in [0.25, 0.3) is 0 Å². The Labute approximate surface area is 87.0 Å². The molecule has 0 radical (unpaired) electrons. The molecule has 0 aromatic rings. The highest BCUT2D eigenvalue weighted by molar-refractivity contribution is 5.88. The van der Waals surface area contributed by atoms with Crippen molar-refractivity contribution in [3.8, 4) is 0 Å². The molecule has 1 aliphatic heterocycles. The lowest BCUT2D eigenvalue weighted by Crippen LogP contribution is -2.35. The van der Waals surface area contributed by atoms with E-state index in [0.29, 0.717) is 18.8 Å². The minimum atomic E-state index is -0.383. The molecule has 2 heteroatoms. The van der Waals surface area contributed by atoms with E-state index < -0.39 is 0 Å². The van der Waals surface area contributed by atoms with Gasteiger partial charge in [0, 0.05) is 6.42 Å². The fourth-order valence-corrected chi connectivity index (χ4v) is 2.12. The van der Waals surface area contributed by atoms with Gasteiger partial charge in [-0.05, 0) is 12.8 Å². The summed E-state index contributed by atoms with van der Waals surface area (Å²) in [5.41, 5.74) is -0.383. The summed E-state index contributed by atoms with van der Waals surface area (Å²) in [4.78, 5) is 11.8. The van der Waals surface area contributed by atoms with Crippen molar-refractivity contribution in [1.29, 1.82) is 0 Å². The average molecular weight is 198 g/mol. The first-order valence-electron chi connectivity index (χ1n) is 5.92. The van der Waals surface area contributed by atoms with Crippen molar-refractivity contribution in [2.45, 2.75) is 64.4 Å². The van der Waals surface area contributed by atoms with Gasteiger partial charge in [-0.3, -0.25) is 4.79 Å². The molecule has 0 unspecified atom stereocenters. The normalized spacial score (nSPS) is 20.3. The predicted octanol–water partition coefficient (Wildman–Crippen LogP) is 3.10. The van der Waals surface area contributed by atoms with Gasteiger partial charge in [0.1, 0.15) is 5.60 Å². The van der Waals surface area contributed by atoms with Crippen LogP contribution in [0.4, 0.5) is 0 Å². The quantitative estimate of drug-likeness (QED) is 0.655. The number of hydrogen-bond donors (Lipinski definition) is 0. The van der Waals surface area contributed by atoms with E-state index in [1.54, 1.807) is 0 Å². The van der Waals surface area contributed by atoms with Gasteiger partial charge in [0.2, 0.25) is 0 Å². The number of ketones is 1. The second-order valence-corrected chi connectivity index (χ2v) is 4.22. The maximum atomic E-state index is 11.8. The Hall–Kier alpha value is -0.370. The molecule has 0 bridgehead atoms. The second-order valence-electron chi connectivity index (χ2n) is 4.22. The molecule has 0 spiro atoms. The van der Waals surface area contributed by atoms with Crippen molar-refractivity contribution < 1.29 is 9.53 Å². The van der Waals surface area contributed by atoms with Crippen LogP contribution in [-0.2, 0) is 9.53 Å².